The van der Waals surface area contributed by atoms with E-state index in [1.807, 2.05) is 24.3 Å². The summed E-state index contributed by atoms with van der Waals surface area (Å²) in [6.45, 7) is 3.96. The molecule has 0 aliphatic heterocycles. The molecular weight excluding hydrogens is 416 g/mol. The fourth-order valence-electron chi connectivity index (χ4n) is 4.02. The van der Waals surface area contributed by atoms with E-state index < -0.39 is 0 Å². The third-order valence-electron chi connectivity index (χ3n) is 5.69. The number of nitrogens with zero attached hydrogens (tertiary/aromatic N) is 3. The molecule has 0 unspecified atom stereocenters. The Bertz CT molecular complexity index is 1040. The van der Waals surface area contributed by atoms with Crippen LogP contribution in [0.5, 0.6) is 11.5 Å². The number of aliphatic imine (C=N–C) groups is 1. The minimum atomic E-state index is 0.263. The van der Waals surface area contributed by atoms with Crippen LogP contribution in [0.2, 0.25) is 0 Å². The summed E-state index contributed by atoms with van der Waals surface area (Å²) in [5.74, 6) is 3.10. The van der Waals surface area contributed by atoms with Crippen molar-refractivity contribution in [2.24, 2.45) is 4.99 Å². The molecule has 0 amide bonds. The lowest BCUT2D eigenvalue weighted by Crippen LogP contribution is -2.37. The molecule has 33 heavy (non-hydrogen) atoms. The molecule has 1 saturated carbocycles. The molecule has 8 heteroatoms. The number of para-hydroxylation sites is 1. The molecule has 174 valence electrons. The van der Waals surface area contributed by atoms with Crippen LogP contribution in [-0.4, -0.2) is 40.9 Å². The minimum Gasteiger partial charge on any atom is -0.493 e. The van der Waals surface area contributed by atoms with E-state index in [4.69, 9.17) is 14.5 Å². The lowest BCUT2D eigenvalue weighted by Gasteiger charge is -2.20. The number of benzene rings is 2. The molecule has 1 aliphatic carbocycles. The summed E-state index contributed by atoms with van der Waals surface area (Å²) in [6.07, 6.45) is 6.42. The molecule has 1 heterocycles. The number of hydrogen-bond donors (Lipinski definition) is 3. The highest BCUT2D eigenvalue weighted by atomic mass is 16.5. The van der Waals surface area contributed by atoms with Crippen molar-refractivity contribution in [1.82, 2.24) is 25.8 Å². The molecule has 0 atom stereocenters. The zero-order valence-electron chi connectivity index (χ0n) is 19.3. The second kappa shape index (κ2) is 11.4. The number of rotatable bonds is 9. The van der Waals surface area contributed by atoms with Crippen LogP contribution in [0.1, 0.15) is 43.7 Å². The third-order valence-corrected chi connectivity index (χ3v) is 5.69. The van der Waals surface area contributed by atoms with Gasteiger partial charge in [0.2, 0.25) is 0 Å². The zero-order chi connectivity index (χ0) is 22.9. The smallest absolute Gasteiger partial charge is 0.191 e. The number of hydrogen-bond acceptors (Lipinski definition) is 5. The predicted molar refractivity (Wildman–Crippen MR) is 129 cm³/mol. The Labute approximate surface area is 194 Å². The maximum absolute atomic E-state index is 6.36. The van der Waals surface area contributed by atoms with Gasteiger partial charge in [-0.1, -0.05) is 30.3 Å². The van der Waals surface area contributed by atoms with Crippen molar-refractivity contribution in [3.05, 3.63) is 59.9 Å². The molecule has 3 N–H and O–H groups in total. The maximum Gasteiger partial charge on any atom is 0.191 e. The molecule has 1 aliphatic rings. The van der Waals surface area contributed by atoms with E-state index in [0.717, 1.165) is 59.4 Å². The Kier molecular flexibility index (Phi) is 7.79. The fourth-order valence-corrected chi connectivity index (χ4v) is 4.02. The summed E-state index contributed by atoms with van der Waals surface area (Å²) in [7, 11) is 1.69. The highest BCUT2D eigenvalue weighted by Gasteiger charge is 2.20. The standard InChI is InChI=1S/C25H32N6O2/c1-3-26-25(27-15-18-8-6-9-19(14-18)24-29-17-30-31-24)28-16-20-10-7-13-22(32-2)23(20)33-21-11-4-5-12-21/h6-10,13-14,17,21H,3-5,11-12,15-16H2,1-2H3,(H2,26,27,28)(H,29,30,31). The van der Waals surface area contributed by atoms with Crippen molar-refractivity contribution < 1.29 is 9.47 Å². The number of nitrogens with one attached hydrogen (secondary N) is 3. The van der Waals surface area contributed by atoms with E-state index in [1.54, 1.807) is 7.11 Å². The van der Waals surface area contributed by atoms with Gasteiger partial charge in [-0.15, -0.1) is 0 Å². The van der Waals surface area contributed by atoms with E-state index >= 15 is 0 Å². The summed E-state index contributed by atoms with van der Waals surface area (Å²) in [5.41, 5.74) is 3.13. The normalized spacial score (nSPS) is 14.3. The maximum atomic E-state index is 6.36. The lowest BCUT2D eigenvalue weighted by atomic mass is 10.1. The molecule has 1 aromatic heterocycles. The molecule has 4 rings (SSSR count). The number of guanidine groups is 1. The van der Waals surface area contributed by atoms with Crippen LogP contribution < -0.4 is 20.1 Å². The van der Waals surface area contributed by atoms with Crippen molar-refractivity contribution in [1.29, 1.82) is 0 Å². The summed E-state index contributed by atoms with van der Waals surface area (Å²) in [5, 5.41) is 13.6. The largest absolute Gasteiger partial charge is 0.493 e. The SMILES string of the molecule is CCNC(=NCc1cccc(-c2ncn[nH]2)c1)NCc1cccc(OC)c1OC1CCCC1. The van der Waals surface area contributed by atoms with Crippen molar-refractivity contribution in [2.45, 2.75) is 51.8 Å². The Morgan fingerprint density at radius 1 is 1.15 bits per heavy atom. The summed E-state index contributed by atoms with van der Waals surface area (Å²) in [6, 6.07) is 14.2. The first kappa shape index (κ1) is 22.6. The molecule has 3 aromatic rings. The Morgan fingerprint density at radius 2 is 2.00 bits per heavy atom. The number of H-pyrrole nitrogens is 1. The third kappa shape index (κ3) is 6.03. The summed E-state index contributed by atoms with van der Waals surface area (Å²) < 4.78 is 11.9. The highest BCUT2D eigenvalue weighted by Crippen LogP contribution is 2.34. The van der Waals surface area contributed by atoms with Crippen LogP contribution in [-0.2, 0) is 13.1 Å². The highest BCUT2D eigenvalue weighted by molar-refractivity contribution is 5.79. The van der Waals surface area contributed by atoms with E-state index in [9.17, 15) is 0 Å². The van der Waals surface area contributed by atoms with Gasteiger partial charge in [0.1, 0.15) is 6.33 Å². The average molecular weight is 449 g/mol. The van der Waals surface area contributed by atoms with Crippen LogP contribution in [0.4, 0.5) is 0 Å². The Balaban J connectivity index is 1.45. The molecular formula is C25H32N6O2. The number of methoxy groups -OCH3 is 1. The van der Waals surface area contributed by atoms with Gasteiger partial charge in [-0.05, 0) is 50.3 Å². The molecule has 0 spiro atoms. The molecule has 0 radical (unpaired) electrons. The fraction of sp³-hybridized carbons (Fsp3) is 0.400. The minimum absolute atomic E-state index is 0.263. The molecule has 1 fully saturated rings. The van der Waals surface area contributed by atoms with Crippen molar-refractivity contribution >= 4 is 5.96 Å². The quantitative estimate of drug-likeness (QED) is 0.337. The summed E-state index contributed by atoms with van der Waals surface area (Å²) in [4.78, 5) is 9.00. The summed E-state index contributed by atoms with van der Waals surface area (Å²) >= 11 is 0. The molecule has 0 saturated heterocycles. The second-order valence-corrected chi connectivity index (χ2v) is 8.06. The van der Waals surface area contributed by atoms with E-state index in [0.29, 0.717) is 13.1 Å². The van der Waals surface area contributed by atoms with Crippen LogP contribution in [0.25, 0.3) is 11.4 Å². The van der Waals surface area contributed by atoms with Gasteiger partial charge >= 0.3 is 0 Å². The van der Waals surface area contributed by atoms with Gasteiger partial charge in [0.25, 0.3) is 0 Å². The topological polar surface area (TPSA) is 96.5 Å². The molecule has 2 aromatic carbocycles. The van der Waals surface area contributed by atoms with Crippen molar-refractivity contribution in [3.8, 4) is 22.9 Å². The monoisotopic (exact) mass is 448 g/mol. The van der Waals surface area contributed by atoms with E-state index in [1.165, 1.54) is 19.2 Å². The average Bonchev–Trinajstić information content (AvgIpc) is 3.56. The first-order valence-electron chi connectivity index (χ1n) is 11.6. The lowest BCUT2D eigenvalue weighted by molar-refractivity contribution is 0.198. The van der Waals surface area contributed by atoms with Gasteiger partial charge in [0.05, 0.1) is 19.8 Å². The predicted octanol–water partition coefficient (Wildman–Crippen LogP) is 4.06. The van der Waals surface area contributed by atoms with Crippen molar-refractivity contribution in [3.63, 3.8) is 0 Å². The first-order chi connectivity index (χ1) is 16.3. The van der Waals surface area contributed by atoms with Crippen LogP contribution in [0.15, 0.2) is 53.8 Å². The van der Waals surface area contributed by atoms with Crippen LogP contribution in [0.3, 0.4) is 0 Å². The van der Waals surface area contributed by atoms with Crippen molar-refractivity contribution in [2.75, 3.05) is 13.7 Å². The number of aromatic amines is 1. The second-order valence-electron chi connectivity index (χ2n) is 8.06. The van der Waals surface area contributed by atoms with Gasteiger partial charge in [0, 0.05) is 24.2 Å². The Hall–Kier alpha value is -3.55. The molecule has 0 bridgehead atoms. The Morgan fingerprint density at radius 3 is 2.76 bits per heavy atom. The number of ether oxygens (including phenoxy) is 2. The van der Waals surface area contributed by atoms with Crippen LogP contribution in [0, 0.1) is 0 Å². The van der Waals surface area contributed by atoms with E-state index in [-0.39, 0.29) is 6.10 Å². The zero-order valence-corrected chi connectivity index (χ0v) is 19.3. The first-order valence-corrected chi connectivity index (χ1v) is 11.6. The van der Waals surface area contributed by atoms with Gasteiger partial charge < -0.3 is 20.1 Å². The van der Waals surface area contributed by atoms with Gasteiger partial charge in [0.15, 0.2) is 23.3 Å². The number of aromatic nitrogens is 3. The van der Waals surface area contributed by atoms with Crippen LogP contribution >= 0.6 is 0 Å². The molecule has 8 nitrogen and oxygen atoms in total. The van der Waals surface area contributed by atoms with Gasteiger partial charge in [-0.2, -0.15) is 5.10 Å². The van der Waals surface area contributed by atoms with Gasteiger partial charge in [-0.3, -0.25) is 5.10 Å². The van der Waals surface area contributed by atoms with E-state index in [2.05, 4.69) is 50.9 Å². The van der Waals surface area contributed by atoms with Gasteiger partial charge in [-0.25, -0.2) is 9.98 Å².